The highest BCUT2D eigenvalue weighted by molar-refractivity contribution is 7.90. The van der Waals surface area contributed by atoms with Crippen molar-refractivity contribution in [2.75, 3.05) is 6.61 Å². The molecule has 4 aromatic rings. The zero-order valence-electron chi connectivity index (χ0n) is 20.5. The first-order valence-electron chi connectivity index (χ1n) is 11.5. The fourth-order valence-corrected chi connectivity index (χ4v) is 4.93. The molecule has 0 atom stereocenters. The van der Waals surface area contributed by atoms with Crippen molar-refractivity contribution in [1.29, 1.82) is 0 Å². The molecule has 0 radical (unpaired) electrons. The summed E-state index contributed by atoms with van der Waals surface area (Å²) in [4.78, 5) is 22.0. The molecular formula is C26H27ClN4O4S. The van der Waals surface area contributed by atoms with Crippen LogP contribution in [0, 0.1) is 20.8 Å². The van der Waals surface area contributed by atoms with E-state index in [0.717, 1.165) is 17.5 Å². The minimum atomic E-state index is -4.05. The van der Waals surface area contributed by atoms with Crippen LogP contribution in [0.5, 0.6) is 5.75 Å². The number of amides is 1. The first-order chi connectivity index (χ1) is 17.1. The molecule has 1 amide bonds. The molecule has 1 N–H and O–H groups in total. The summed E-state index contributed by atoms with van der Waals surface area (Å²) < 4.78 is 35.0. The van der Waals surface area contributed by atoms with Crippen LogP contribution < -0.4 is 9.46 Å². The molecule has 2 aromatic heterocycles. The number of hydrogen-bond donors (Lipinski definition) is 1. The number of sulfonamides is 1. The van der Waals surface area contributed by atoms with Crippen molar-refractivity contribution in [3.63, 3.8) is 0 Å². The van der Waals surface area contributed by atoms with Crippen molar-refractivity contribution in [1.82, 2.24) is 19.3 Å². The van der Waals surface area contributed by atoms with Crippen molar-refractivity contribution >= 4 is 38.7 Å². The van der Waals surface area contributed by atoms with E-state index >= 15 is 0 Å². The molecule has 0 unspecified atom stereocenters. The predicted molar refractivity (Wildman–Crippen MR) is 139 cm³/mol. The standard InChI is InChI=1S/C26H27ClN4O4S/c1-5-12-35-20-9-8-19(22(27)14-20)15-31-18(4)28-24-17(3)13-23(29-25(24)31)26(32)30-36(33,34)21-10-6-16(2)7-11-21/h6-11,13-14H,5,12,15H2,1-4H3,(H,30,32). The minimum Gasteiger partial charge on any atom is -0.494 e. The van der Waals surface area contributed by atoms with Gasteiger partial charge < -0.3 is 9.30 Å². The minimum absolute atomic E-state index is 0.00106. The summed E-state index contributed by atoms with van der Waals surface area (Å²) >= 11 is 6.52. The highest BCUT2D eigenvalue weighted by Gasteiger charge is 2.22. The van der Waals surface area contributed by atoms with Gasteiger partial charge in [0, 0.05) is 5.02 Å². The van der Waals surface area contributed by atoms with Gasteiger partial charge >= 0.3 is 0 Å². The number of pyridine rings is 1. The van der Waals surface area contributed by atoms with Crippen molar-refractivity contribution in [3.8, 4) is 5.75 Å². The summed E-state index contributed by atoms with van der Waals surface area (Å²) in [5.74, 6) is 0.565. The van der Waals surface area contributed by atoms with Crippen LogP contribution in [0.3, 0.4) is 0 Å². The van der Waals surface area contributed by atoms with E-state index in [-0.39, 0.29) is 10.6 Å². The first kappa shape index (κ1) is 25.7. The van der Waals surface area contributed by atoms with E-state index in [2.05, 4.69) is 14.7 Å². The van der Waals surface area contributed by atoms with E-state index < -0.39 is 15.9 Å². The van der Waals surface area contributed by atoms with E-state index in [1.165, 1.54) is 18.2 Å². The van der Waals surface area contributed by atoms with Crippen molar-refractivity contribution in [2.45, 2.75) is 45.6 Å². The van der Waals surface area contributed by atoms with E-state index in [4.69, 9.17) is 16.3 Å². The number of halogens is 1. The molecule has 4 rings (SSSR count). The summed E-state index contributed by atoms with van der Waals surface area (Å²) in [6.07, 6.45) is 0.896. The Morgan fingerprint density at radius 3 is 2.44 bits per heavy atom. The number of nitrogens with zero attached hydrogens (tertiary/aromatic N) is 3. The van der Waals surface area contributed by atoms with Crippen molar-refractivity contribution in [2.24, 2.45) is 0 Å². The second kappa shape index (κ2) is 10.3. The number of nitrogens with one attached hydrogen (secondary N) is 1. The lowest BCUT2D eigenvalue weighted by atomic mass is 10.2. The van der Waals surface area contributed by atoms with Crippen LogP contribution in [0.25, 0.3) is 11.2 Å². The maximum atomic E-state index is 12.9. The van der Waals surface area contributed by atoms with Gasteiger partial charge in [-0.05, 0) is 68.7 Å². The first-order valence-corrected chi connectivity index (χ1v) is 13.3. The lowest BCUT2D eigenvalue weighted by Gasteiger charge is -2.12. The van der Waals surface area contributed by atoms with Crippen molar-refractivity contribution in [3.05, 3.63) is 81.8 Å². The molecule has 8 nitrogen and oxygen atoms in total. The lowest BCUT2D eigenvalue weighted by molar-refractivity contribution is 0.0976. The van der Waals surface area contributed by atoms with Gasteiger partial charge in [-0.3, -0.25) is 4.79 Å². The molecule has 0 aliphatic rings. The Hall–Kier alpha value is -3.43. The van der Waals surface area contributed by atoms with Gasteiger partial charge in [0.2, 0.25) is 0 Å². The number of carbonyl (C=O) groups is 1. The van der Waals surface area contributed by atoms with Gasteiger partial charge in [-0.15, -0.1) is 0 Å². The highest BCUT2D eigenvalue weighted by atomic mass is 35.5. The third-order valence-corrected chi connectivity index (χ3v) is 7.40. The molecule has 36 heavy (non-hydrogen) atoms. The lowest BCUT2D eigenvalue weighted by Crippen LogP contribution is -2.31. The second-order valence-corrected chi connectivity index (χ2v) is 10.7. The third kappa shape index (κ3) is 5.37. The molecule has 0 fully saturated rings. The SMILES string of the molecule is CCCOc1ccc(Cn2c(C)nc3c(C)cc(C(=O)NS(=O)(=O)c4ccc(C)cc4)nc32)c(Cl)c1. The average molecular weight is 527 g/mol. The smallest absolute Gasteiger partial charge is 0.283 e. The van der Waals surface area contributed by atoms with Gasteiger partial charge in [0.15, 0.2) is 5.65 Å². The molecular weight excluding hydrogens is 500 g/mol. The summed E-state index contributed by atoms with van der Waals surface area (Å²) in [6, 6.07) is 13.3. The maximum Gasteiger partial charge on any atom is 0.283 e. The molecule has 2 aromatic carbocycles. The van der Waals surface area contributed by atoms with Gasteiger partial charge in [0.05, 0.1) is 18.0 Å². The van der Waals surface area contributed by atoms with Crippen LogP contribution in [-0.4, -0.2) is 35.5 Å². The second-order valence-electron chi connectivity index (χ2n) is 8.59. The number of fused-ring (bicyclic) bond motifs is 1. The van der Waals surface area contributed by atoms with Gasteiger partial charge in [0.25, 0.3) is 15.9 Å². The van der Waals surface area contributed by atoms with Crippen LogP contribution >= 0.6 is 11.6 Å². The summed E-state index contributed by atoms with van der Waals surface area (Å²) in [7, 11) is -4.05. The molecule has 188 valence electrons. The number of aromatic nitrogens is 3. The predicted octanol–water partition coefficient (Wildman–Crippen LogP) is 4.97. The van der Waals surface area contributed by atoms with Gasteiger partial charge in [0.1, 0.15) is 22.8 Å². The van der Waals surface area contributed by atoms with Crippen LogP contribution in [0.4, 0.5) is 0 Å². The quantitative estimate of drug-likeness (QED) is 0.348. The number of aryl methyl sites for hydroxylation is 3. The van der Waals surface area contributed by atoms with Crippen LogP contribution in [-0.2, 0) is 16.6 Å². The zero-order chi connectivity index (χ0) is 26.0. The van der Waals surface area contributed by atoms with E-state index in [1.807, 2.05) is 37.5 Å². The Morgan fingerprint density at radius 1 is 1.06 bits per heavy atom. The normalized spacial score (nSPS) is 11.6. The molecule has 0 saturated heterocycles. The van der Waals surface area contributed by atoms with Crippen molar-refractivity contribution < 1.29 is 17.9 Å². The number of rotatable bonds is 8. The topological polar surface area (TPSA) is 103 Å². The van der Waals surface area contributed by atoms with Gasteiger partial charge in [-0.1, -0.05) is 42.3 Å². The van der Waals surface area contributed by atoms with Crippen LogP contribution in [0.1, 0.15) is 46.3 Å². The summed E-state index contributed by atoms with van der Waals surface area (Å²) in [5, 5.41) is 0.541. The molecule has 0 aliphatic heterocycles. The van der Waals surface area contributed by atoms with Crippen LogP contribution in [0.2, 0.25) is 5.02 Å². The Labute approximate surface area is 215 Å². The van der Waals surface area contributed by atoms with E-state index in [1.54, 1.807) is 25.1 Å². The summed E-state index contributed by atoms with van der Waals surface area (Å²) in [6.45, 7) is 8.51. The fraction of sp³-hybridized carbons (Fsp3) is 0.269. The Bertz CT molecular complexity index is 1550. The fourth-order valence-electron chi connectivity index (χ4n) is 3.74. The van der Waals surface area contributed by atoms with Gasteiger partial charge in [-0.2, -0.15) is 0 Å². The molecule has 10 heteroatoms. The Morgan fingerprint density at radius 2 is 1.78 bits per heavy atom. The zero-order valence-corrected chi connectivity index (χ0v) is 22.1. The highest BCUT2D eigenvalue weighted by Crippen LogP contribution is 2.26. The number of imidazole rings is 1. The van der Waals surface area contributed by atoms with Crippen LogP contribution in [0.15, 0.2) is 53.4 Å². The number of carbonyl (C=O) groups excluding carboxylic acids is 1. The number of benzene rings is 2. The third-order valence-electron chi connectivity index (χ3n) is 5.70. The van der Waals surface area contributed by atoms with Gasteiger partial charge in [-0.25, -0.2) is 23.1 Å². The average Bonchev–Trinajstić information content (AvgIpc) is 3.14. The molecule has 0 aliphatic carbocycles. The van der Waals surface area contributed by atoms with E-state index in [9.17, 15) is 13.2 Å². The number of ether oxygens (including phenoxy) is 1. The summed E-state index contributed by atoms with van der Waals surface area (Å²) in [5.41, 5.74) is 3.52. The molecule has 0 saturated carbocycles. The largest absolute Gasteiger partial charge is 0.494 e. The monoisotopic (exact) mass is 526 g/mol. The molecule has 2 heterocycles. The van der Waals surface area contributed by atoms with E-state index in [0.29, 0.717) is 46.5 Å². The maximum absolute atomic E-state index is 12.9. The molecule has 0 bridgehead atoms. The number of hydrogen-bond acceptors (Lipinski definition) is 6. The molecule has 0 spiro atoms. The Balaban J connectivity index is 1.66. The Kier molecular flexibility index (Phi) is 7.33.